The van der Waals surface area contributed by atoms with Gasteiger partial charge in [-0.3, -0.25) is 4.79 Å². The number of aryl methyl sites for hydroxylation is 1. The number of benzene rings is 2. The minimum Gasteiger partial charge on any atom is -0.484 e. The third-order valence-corrected chi connectivity index (χ3v) is 4.82. The fourth-order valence-electron chi connectivity index (χ4n) is 3.18. The van der Waals surface area contributed by atoms with Gasteiger partial charge in [0.2, 0.25) is 0 Å². The molecule has 2 aromatic carbocycles. The van der Waals surface area contributed by atoms with Crippen LogP contribution in [0.1, 0.15) is 29.3 Å². The number of hydrogen-bond acceptors (Lipinski definition) is 4. The quantitative estimate of drug-likeness (QED) is 0.612. The van der Waals surface area contributed by atoms with Crippen molar-refractivity contribution >= 4 is 23.2 Å². The van der Waals surface area contributed by atoms with Crippen LogP contribution < -0.4 is 4.74 Å². The van der Waals surface area contributed by atoms with Gasteiger partial charge < -0.3 is 9.15 Å². The normalized spacial score (nSPS) is 16.1. The monoisotopic (exact) mass is 394 g/mol. The van der Waals surface area contributed by atoms with Crippen LogP contribution in [-0.2, 0) is 4.79 Å². The van der Waals surface area contributed by atoms with Crippen molar-refractivity contribution in [2.75, 3.05) is 6.61 Å². The van der Waals surface area contributed by atoms with E-state index in [9.17, 15) is 4.79 Å². The fourth-order valence-corrected chi connectivity index (χ4v) is 3.30. The summed E-state index contributed by atoms with van der Waals surface area (Å²) in [4.78, 5) is 12.9. The molecule has 0 spiro atoms. The van der Waals surface area contributed by atoms with Gasteiger partial charge in [-0.05, 0) is 54.4 Å². The molecule has 6 heteroatoms. The van der Waals surface area contributed by atoms with Gasteiger partial charge in [0.1, 0.15) is 17.6 Å². The first-order valence-corrected chi connectivity index (χ1v) is 9.36. The van der Waals surface area contributed by atoms with Crippen molar-refractivity contribution in [2.24, 2.45) is 5.10 Å². The Hall–Kier alpha value is -3.05. The highest BCUT2D eigenvalue weighted by Gasteiger charge is 2.35. The highest BCUT2D eigenvalue weighted by molar-refractivity contribution is 6.30. The molecule has 0 N–H and O–H groups in total. The van der Waals surface area contributed by atoms with Crippen LogP contribution in [0.2, 0.25) is 5.02 Å². The fraction of sp³-hybridized carbons (Fsp3) is 0.182. The van der Waals surface area contributed by atoms with E-state index in [-0.39, 0.29) is 18.6 Å². The number of rotatable bonds is 5. The van der Waals surface area contributed by atoms with Crippen LogP contribution in [0, 0.1) is 6.92 Å². The van der Waals surface area contributed by atoms with Crippen LogP contribution in [0.25, 0.3) is 0 Å². The number of halogens is 1. The van der Waals surface area contributed by atoms with Crippen LogP contribution in [0.5, 0.6) is 5.75 Å². The van der Waals surface area contributed by atoms with Crippen LogP contribution in [0.4, 0.5) is 0 Å². The van der Waals surface area contributed by atoms with Gasteiger partial charge in [-0.1, -0.05) is 35.9 Å². The van der Waals surface area contributed by atoms with Crippen molar-refractivity contribution in [2.45, 2.75) is 19.4 Å². The molecule has 1 atom stereocenters. The second-order valence-electron chi connectivity index (χ2n) is 6.63. The maximum Gasteiger partial charge on any atom is 0.281 e. The van der Waals surface area contributed by atoms with Gasteiger partial charge in [0.15, 0.2) is 6.61 Å². The van der Waals surface area contributed by atoms with Crippen molar-refractivity contribution in [1.29, 1.82) is 0 Å². The largest absolute Gasteiger partial charge is 0.484 e. The lowest BCUT2D eigenvalue weighted by molar-refractivity contribution is -0.135. The molecular weight excluding hydrogens is 376 g/mol. The number of furan rings is 1. The third-order valence-electron chi connectivity index (χ3n) is 4.57. The smallest absolute Gasteiger partial charge is 0.281 e. The zero-order chi connectivity index (χ0) is 19.5. The van der Waals surface area contributed by atoms with E-state index in [4.69, 9.17) is 20.8 Å². The Morgan fingerprint density at radius 3 is 2.75 bits per heavy atom. The maximum absolute atomic E-state index is 12.9. The molecule has 1 aliphatic rings. The van der Waals surface area contributed by atoms with Crippen LogP contribution in [0.3, 0.4) is 0 Å². The number of hydrazone groups is 1. The Balaban J connectivity index is 1.55. The van der Waals surface area contributed by atoms with Gasteiger partial charge in [-0.25, -0.2) is 5.01 Å². The summed E-state index contributed by atoms with van der Waals surface area (Å²) in [6.45, 7) is 1.88. The molecule has 4 rings (SSSR count). The average Bonchev–Trinajstić information content (AvgIpc) is 3.36. The molecule has 0 bridgehead atoms. The molecule has 1 aromatic heterocycles. The molecular formula is C22H19ClN2O3. The molecule has 0 aliphatic carbocycles. The first-order chi connectivity index (χ1) is 13.6. The van der Waals surface area contributed by atoms with Crippen molar-refractivity contribution in [3.63, 3.8) is 0 Å². The van der Waals surface area contributed by atoms with Gasteiger partial charge in [-0.2, -0.15) is 5.10 Å². The molecule has 0 saturated heterocycles. The van der Waals surface area contributed by atoms with Gasteiger partial charge in [0, 0.05) is 11.4 Å². The van der Waals surface area contributed by atoms with Crippen LogP contribution in [0.15, 0.2) is 76.4 Å². The molecule has 1 amide bonds. The van der Waals surface area contributed by atoms with Gasteiger partial charge >= 0.3 is 0 Å². The van der Waals surface area contributed by atoms with E-state index in [2.05, 4.69) is 5.10 Å². The average molecular weight is 395 g/mol. The summed E-state index contributed by atoms with van der Waals surface area (Å²) in [5, 5.41) is 6.69. The van der Waals surface area contributed by atoms with Crippen molar-refractivity contribution in [3.05, 3.63) is 88.8 Å². The molecule has 0 radical (unpaired) electrons. The Bertz CT molecular complexity index is 997. The third kappa shape index (κ3) is 3.94. The molecule has 142 valence electrons. The van der Waals surface area contributed by atoms with Crippen molar-refractivity contribution in [1.82, 2.24) is 5.01 Å². The predicted molar refractivity (Wildman–Crippen MR) is 108 cm³/mol. The molecule has 1 unspecified atom stereocenters. The van der Waals surface area contributed by atoms with Crippen molar-refractivity contribution in [3.8, 4) is 5.75 Å². The first-order valence-electron chi connectivity index (χ1n) is 8.98. The molecule has 0 fully saturated rings. The highest BCUT2D eigenvalue weighted by Crippen LogP contribution is 2.33. The highest BCUT2D eigenvalue weighted by atomic mass is 35.5. The predicted octanol–water partition coefficient (Wildman–Crippen LogP) is 5.00. The summed E-state index contributed by atoms with van der Waals surface area (Å²) < 4.78 is 11.2. The Morgan fingerprint density at radius 2 is 2.04 bits per heavy atom. The standard InChI is InChI=1S/C22H19ClN2O3/c1-15-4-2-5-18(12-15)28-14-22(26)25-20(21-6-3-11-27-21)13-19(24-25)16-7-9-17(23)10-8-16/h2-12,20H,13-14H2,1H3. The molecule has 3 aromatic rings. The van der Waals surface area contributed by atoms with E-state index in [1.54, 1.807) is 6.26 Å². The van der Waals surface area contributed by atoms with E-state index in [1.165, 1.54) is 5.01 Å². The lowest BCUT2D eigenvalue weighted by atomic mass is 10.0. The summed E-state index contributed by atoms with van der Waals surface area (Å²) in [5.74, 6) is 1.12. The van der Waals surface area contributed by atoms with E-state index >= 15 is 0 Å². The van der Waals surface area contributed by atoms with Gasteiger partial charge in [0.05, 0.1) is 12.0 Å². The maximum atomic E-state index is 12.9. The summed E-state index contributed by atoms with van der Waals surface area (Å²) in [6, 6.07) is 18.4. The number of hydrogen-bond donors (Lipinski definition) is 0. The Kier molecular flexibility index (Phi) is 5.17. The second-order valence-corrected chi connectivity index (χ2v) is 7.07. The SMILES string of the molecule is Cc1cccc(OCC(=O)N2N=C(c3ccc(Cl)cc3)CC2c2ccco2)c1. The van der Waals surface area contributed by atoms with E-state index < -0.39 is 0 Å². The zero-order valence-corrected chi connectivity index (χ0v) is 16.1. The Labute approximate surface area is 168 Å². The first kappa shape index (κ1) is 18.3. The minimum atomic E-state index is -0.297. The topological polar surface area (TPSA) is 55.0 Å². The van der Waals surface area contributed by atoms with E-state index in [1.807, 2.05) is 67.6 Å². The molecule has 1 aliphatic heterocycles. The minimum absolute atomic E-state index is 0.0991. The summed E-state index contributed by atoms with van der Waals surface area (Å²) in [7, 11) is 0. The lowest BCUT2D eigenvalue weighted by Crippen LogP contribution is -2.31. The van der Waals surface area contributed by atoms with Gasteiger partial charge in [-0.15, -0.1) is 0 Å². The summed E-state index contributed by atoms with van der Waals surface area (Å²) >= 11 is 5.98. The number of amides is 1. The van der Waals surface area contributed by atoms with Crippen molar-refractivity contribution < 1.29 is 13.9 Å². The number of carbonyl (C=O) groups is 1. The van der Waals surface area contributed by atoms with E-state index in [0.29, 0.717) is 23.0 Å². The van der Waals surface area contributed by atoms with Crippen LogP contribution >= 0.6 is 11.6 Å². The van der Waals surface area contributed by atoms with Crippen LogP contribution in [-0.4, -0.2) is 23.2 Å². The van der Waals surface area contributed by atoms with E-state index in [0.717, 1.165) is 16.8 Å². The number of carbonyl (C=O) groups excluding carboxylic acids is 1. The lowest BCUT2D eigenvalue weighted by Gasteiger charge is -2.20. The van der Waals surface area contributed by atoms with Gasteiger partial charge in [0.25, 0.3) is 5.91 Å². The Morgan fingerprint density at radius 1 is 1.21 bits per heavy atom. The number of ether oxygens (including phenoxy) is 1. The summed E-state index contributed by atoms with van der Waals surface area (Å²) in [5.41, 5.74) is 2.81. The molecule has 2 heterocycles. The molecule has 0 saturated carbocycles. The second kappa shape index (κ2) is 7.90. The molecule has 28 heavy (non-hydrogen) atoms. The number of nitrogens with zero attached hydrogens (tertiary/aromatic N) is 2. The zero-order valence-electron chi connectivity index (χ0n) is 15.3. The molecule has 5 nitrogen and oxygen atoms in total. The summed E-state index contributed by atoms with van der Waals surface area (Å²) in [6.07, 6.45) is 2.16.